The van der Waals surface area contributed by atoms with Crippen LogP contribution in [-0.2, 0) is 14.3 Å². The van der Waals surface area contributed by atoms with Gasteiger partial charge >= 0.3 is 5.97 Å². The Bertz CT molecular complexity index is 1200. The van der Waals surface area contributed by atoms with Gasteiger partial charge < -0.3 is 20.3 Å². The highest BCUT2D eigenvalue weighted by Gasteiger charge is 2.20. The number of rotatable bonds is 62. The number of hydrogen-bond acceptors (Lipinski definition) is 5. The van der Waals surface area contributed by atoms with Crippen LogP contribution in [0.25, 0.3) is 0 Å². The predicted molar refractivity (Wildman–Crippen MR) is 324 cm³/mol. The molecule has 0 bridgehead atoms. The molecule has 436 valence electrons. The molecule has 0 heterocycles. The summed E-state index contributed by atoms with van der Waals surface area (Å²) >= 11 is 0. The lowest BCUT2D eigenvalue weighted by molar-refractivity contribution is -0.143. The molecule has 0 aromatic heterocycles. The number of nitrogens with one attached hydrogen (secondary N) is 1. The van der Waals surface area contributed by atoms with Crippen LogP contribution in [0, 0.1) is 0 Å². The molecule has 0 saturated carbocycles. The Hall–Kier alpha value is -1.92. The van der Waals surface area contributed by atoms with Crippen LogP contribution in [-0.4, -0.2) is 47.4 Å². The third-order valence-corrected chi connectivity index (χ3v) is 15.4. The molecule has 0 spiro atoms. The second-order valence-corrected chi connectivity index (χ2v) is 22.8. The van der Waals surface area contributed by atoms with E-state index in [-0.39, 0.29) is 18.5 Å². The second kappa shape index (κ2) is 63.6. The number of carbonyl (C=O) groups excluding carboxylic acids is 2. The van der Waals surface area contributed by atoms with Crippen LogP contribution in [0.15, 0.2) is 36.5 Å². The molecule has 0 aliphatic rings. The number of ether oxygens (including phenoxy) is 1. The van der Waals surface area contributed by atoms with Gasteiger partial charge in [0, 0.05) is 12.8 Å². The predicted octanol–water partition coefficient (Wildman–Crippen LogP) is 21.1. The number of allylic oxidation sites excluding steroid dienone is 6. The topological polar surface area (TPSA) is 95.9 Å². The van der Waals surface area contributed by atoms with Gasteiger partial charge in [0.1, 0.15) is 0 Å². The number of carbonyl (C=O) groups is 2. The van der Waals surface area contributed by atoms with E-state index in [2.05, 4.69) is 55.6 Å². The summed E-state index contributed by atoms with van der Waals surface area (Å²) in [5, 5.41) is 23.4. The average molecular weight is 1040 g/mol. The Morgan fingerprint density at radius 3 is 1.05 bits per heavy atom. The minimum absolute atomic E-state index is 0.00478. The zero-order valence-electron chi connectivity index (χ0n) is 49.8. The van der Waals surface area contributed by atoms with Crippen LogP contribution in [0.1, 0.15) is 361 Å². The first kappa shape index (κ1) is 72.1. The van der Waals surface area contributed by atoms with Gasteiger partial charge in [0.2, 0.25) is 5.91 Å². The van der Waals surface area contributed by atoms with Crippen molar-refractivity contribution in [2.24, 2.45) is 0 Å². The van der Waals surface area contributed by atoms with Crippen molar-refractivity contribution in [1.29, 1.82) is 0 Å². The molecule has 1 amide bonds. The van der Waals surface area contributed by atoms with E-state index in [1.165, 1.54) is 276 Å². The van der Waals surface area contributed by atoms with Crippen molar-refractivity contribution in [2.45, 2.75) is 373 Å². The number of hydrogen-bond donors (Lipinski definition) is 3. The van der Waals surface area contributed by atoms with Gasteiger partial charge in [-0.3, -0.25) is 9.59 Å². The molecule has 74 heavy (non-hydrogen) atoms. The number of esters is 1. The largest absolute Gasteiger partial charge is 0.466 e. The van der Waals surface area contributed by atoms with Crippen molar-refractivity contribution in [2.75, 3.05) is 13.2 Å². The van der Waals surface area contributed by atoms with E-state index in [1.807, 2.05) is 0 Å². The summed E-state index contributed by atoms with van der Waals surface area (Å²) in [6.07, 6.45) is 80.2. The lowest BCUT2D eigenvalue weighted by Crippen LogP contribution is -2.45. The summed E-state index contributed by atoms with van der Waals surface area (Å²) < 4.78 is 5.48. The maximum atomic E-state index is 12.5. The fourth-order valence-corrected chi connectivity index (χ4v) is 10.3. The molecule has 2 atom stereocenters. The van der Waals surface area contributed by atoms with Crippen LogP contribution in [0.5, 0.6) is 0 Å². The van der Waals surface area contributed by atoms with Gasteiger partial charge in [-0.15, -0.1) is 0 Å². The molecule has 0 fully saturated rings. The van der Waals surface area contributed by atoms with Gasteiger partial charge in [-0.25, -0.2) is 0 Å². The van der Waals surface area contributed by atoms with E-state index in [0.717, 1.165) is 51.4 Å². The molecule has 6 heteroatoms. The van der Waals surface area contributed by atoms with Crippen molar-refractivity contribution in [1.82, 2.24) is 5.32 Å². The van der Waals surface area contributed by atoms with Crippen molar-refractivity contribution in [3.63, 3.8) is 0 Å². The molecule has 3 N–H and O–H groups in total. The lowest BCUT2D eigenvalue weighted by atomic mass is 10.0. The normalized spacial score (nSPS) is 12.8. The van der Waals surface area contributed by atoms with Crippen molar-refractivity contribution < 1.29 is 24.5 Å². The Morgan fingerprint density at radius 2 is 0.676 bits per heavy atom. The third kappa shape index (κ3) is 59.3. The minimum atomic E-state index is -0.671. The summed E-state index contributed by atoms with van der Waals surface area (Å²) in [5.41, 5.74) is 0. The zero-order chi connectivity index (χ0) is 53.6. The smallest absolute Gasteiger partial charge is 0.305 e. The number of aliphatic hydroxyl groups is 2. The first-order valence-corrected chi connectivity index (χ1v) is 33.2. The highest BCUT2D eigenvalue weighted by molar-refractivity contribution is 5.76. The summed E-state index contributed by atoms with van der Waals surface area (Å²) in [5.74, 6) is -0.0447. The fourth-order valence-electron chi connectivity index (χ4n) is 10.3. The molecule has 0 aromatic carbocycles. The van der Waals surface area contributed by atoms with Gasteiger partial charge in [0.15, 0.2) is 0 Å². The molecule has 0 aromatic rings. The fraction of sp³-hybridized carbons (Fsp3) is 0.882. The molecule has 0 saturated heterocycles. The van der Waals surface area contributed by atoms with Gasteiger partial charge in [-0.1, -0.05) is 301 Å². The third-order valence-electron chi connectivity index (χ3n) is 15.4. The van der Waals surface area contributed by atoms with E-state index in [9.17, 15) is 19.8 Å². The van der Waals surface area contributed by atoms with E-state index in [1.54, 1.807) is 0 Å². The van der Waals surface area contributed by atoms with Gasteiger partial charge in [-0.2, -0.15) is 0 Å². The molecular weight excluding hydrogens is 911 g/mol. The van der Waals surface area contributed by atoms with Gasteiger partial charge in [0.25, 0.3) is 0 Å². The first-order valence-electron chi connectivity index (χ1n) is 33.2. The van der Waals surface area contributed by atoms with Crippen LogP contribution < -0.4 is 5.32 Å². The van der Waals surface area contributed by atoms with Crippen molar-refractivity contribution in [3.05, 3.63) is 36.5 Å². The zero-order valence-corrected chi connectivity index (χ0v) is 49.8. The van der Waals surface area contributed by atoms with Gasteiger partial charge in [-0.05, 0) is 83.5 Å². The average Bonchev–Trinajstić information content (AvgIpc) is 3.40. The Labute approximate surface area is 462 Å². The maximum absolute atomic E-state index is 12.5. The summed E-state index contributed by atoms with van der Waals surface area (Å²) in [6.45, 7) is 4.95. The molecule has 0 aliphatic carbocycles. The van der Waals surface area contributed by atoms with Crippen LogP contribution in [0.2, 0.25) is 0 Å². The number of amides is 1. The highest BCUT2D eigenvalue weighted by atomic mass is 16.5. The molecule has 0 radical (unpaired) electrons. The van der Waals surface area contributed by atoms with Crippen molar-refractivity contribution >= 4 is 11.9 Å². The maximum Gasteiger partial charge on any atom is 0.305 e. The molecule has 2 unspecified atom stereocenters. The summed E-state index contributed by atoms with van der Waals surface area (Å²) in [4.78, 5) is 24.6. The SMILES string of the molecule is CCCCCC/C=C\C/C=C\CCCCCCCC(=O)OCCCCCCCCCCCC/C=C\CCCCCCCCCC(=O)NC(CO)C(O)CCCCCCCCCCCCCCCCCCCCCC. The monoisotopic (exact) mass is 1040 g/mol. The number of unbranched alkanes of at least 4 members (excludes halogenated alkanes) is 45. The Balaban J connectivity index is 3.43. The van der Waals surface area contributed by atoms with E-state index >= 15 is 0 Å². The van der Waals surface area contributed by atoms with E-state index in [0.29, 0.717) is 25.9 Å². The summed E-state index contributed by atoms with van der Waals surface area (Å²) in [6, 6.07) is -0.549. The molecular formula is C68H129NO5. The molecule has 0 rings (SSSR count). The molecule has 6 nitrogen and oxygen atoms in total. The van der Waals surface area contributed by atoms with Crippen LogP contribution in [0.4, 0.5) is 0 Å². The van der Waals surface area contributed by atoms with Crippen LogP contribution in [0.3, 0.4) is 0 Å². The van der Waals surface area contributed by atoms with Crippen LogP contribution >= 0.6 is 0 Å². The Morgan fingerprint density at radius 1 is 0.378 bits per heavy atom. The van der Waals surface area contributed by atoms with Crippen molar-refractivity contribution in [3.8, 4) is 0 Å². The second-order valence-electron chi connectivity index (χ2n) is 22.8. The first-order chi connectivity index (χ1) is 36.5. The lowest BCUT2D eigenvalue weighted by Gasteiger charge is -2.22. The number of aliphatic hydroxyl groups excluding tert-OH is 2. The van der Waals surface area contributed by atoms with E-state index in [4.69, 9.17) is 4.74 Å². The van der Waals surface area contributed by atoms with Gasteiger partial charge in [0.05, 0.1) is 25.4 Å². The quantitative estimate of drug-likeness (QED) is 0.0320. The summed E-state index contributed by atoms with van der Waals surface area (Å²) in [7, 11) is 0. The standard InChI is InChI=1S/C68H129NO5/c1-3-5-7-9-11-13-15-17-19-21-22-26-29-32-36-40-44-48-52-56-60-66(71)65(64-70)69-67(72)61-57-53-49-45-41-37-33-30-27-24-23-25-28-31-35-39-43-47-51-55-59-63-74-68(73)62-58-54-50-46-42-38-34-20-18-16-14-12-10-8-6-4-2/h14,16,20,24,27,34,65-66,70-71H,3-13,15,17-19,21-23,25-26,28-33,35-64H2,1-2H3,(H,69,72)/b16-14-,27-24-,34-20-. The minimum Gasteiger partial charge on any atom is -0.466 e. The highest BCUT2D eigenvalue weighted by Crippen LogP contribution is 2.18. The molecule has 0 aliphatic heterocycles. The Kier molecular flexibility index (Phi) is 62.0. The van der Waals surface area contributed by atoms with E-state index < -0.39 is 12.1 Å².